The highest BCUT2D eigenvalue weighted by Crippen LogP contribution is 2.50. The summed E-state index contributed by atoms with van der Waals surface area (Å²) in [7, 11) is 0. The molecule has 2 aliphatic heterocycles. The summed E-state index contributed by atoms with van der Waals surface area (Å²) >= 11 is 0. The average molecular weight is 1480 g/mol. The molecule has 0 radical (unpaired) electrons. The van der Waals surface area contributed by atoms with Crippen LogP contribution in [0.25, 0.3) is 110 Å². The number of benzene rings is 11. The number of aliphatic hydroxyl groups is 1. The number of carbonyl (C=O) groups excluding carboxylic acids is 3. The van der Waals surface area contributed by atoms with Gasteiger partial charge in [-0.1, -0.05) is 221 Å². The standard InChI is InChI=1S/C102H106N6O4/c1-95(2,3)57-28-36-79-67(44-57)68-45-58(96(4,5)6)29-37-80(68)105(79)87-53-75-76(54-88(87)106-81-38-30-59(97(7,8)9)46-69(81)70-47-60(98(10,11)12)31-39-82(70)106)92(110)103(91(75)109)65-26-25-27-66(52-65)104-93(111)77-55-89(107-83-40-32-61(99(13,14)15)48-71(83)72-49-62(100(16,17)18)33-41-84(72)107)90(56-78(77)94(104)112)108-85-42-34-63(101(19,20)21)50-73(85)74-51-64(102(22,23)24)35-43-86(74)108/h25-56,91,109H,1-24H3. The van der Waals surface area contributed by atoms with Crippen LogP contribution in [0.5, 0.6) is 0 Å². The summed E-state index contributed by atoms with van der Waals surface area (Å²) in [5, 5.41) is 22.1. The molecule has 10 heteroatoms. The largest absolute Gasteiger partial charge is 0.369 e. The summed E-state index contributed by atoms with van der Waals surface area (Å²) in [6.07, 6.45) is -1.48. The maximum Gasteiger partial charge on any atom is 0.266 e. The van der Waals surface area contributed by atoms with E-state index >= 15 is 14.4 Å². The molecule has 0 spiro atoms. The van der Waals surface area contributed by atoms with Crippen molar-refractivity contribution in [3.63, 3.8) is 0 Å². The number of hydrogen-bond acceptors (Lipinski definition) is 4. The minimum Gasteiger partial charge on any atom is -0.369 e. The van der Waals surface area contributed by atoms with Crippen molar-refractivity contribution >= 4 is 116 Å². The van der Waals surface area contributed by atoms with Crippen LogP contribution in [0.3, 0.4) is 0 Å². The van der Waals surface area contributed by atoms with Gasteiger partial charge in [-0.3, -0.25) is 19.3 Å². The maximum absolute atomic E-state index is 16.1. The van der Waals surface area contributed by atoms with Crippen LogP contribution in [0.1, 0.15) is 254 Å². The fraction of sp³-hybridized carbons (Fsp3) is 0.324. The highest BCUT2D eigenvalue weighted by Gasteiger charge is 2.43. The maximum atomic E-state index is 16.1. The van der Waals surface area contributed by atoms with Gasteiger partial charge in [-0.25, -0.2) is 4.90 Å². The zero-order chi connectivity index (χ0) is 80.0. The van der Waals surface area contributed by atoms with Gasteiger partial charge in [0.25, 0.3) is 17.7 Å². The lowest BCUT2D eigenvalue weighted by Crippen LogP contribution is -2.31. The van der Waals surface area contributed by atoms with Crippen LogP contribution in [-0.2, 0) is 43.3 Å². The second-order valence-corrected chi connectivity index (χ2v) is 40.5. The molecule has 1 unspecified atom stereocenters. The fourth-order valence-electron chi connectivity index (χ4n) is 17.5. The first-order chi connectivity index (χ1) is 52.2. The monoisotopic (exact) mass is 1480 g/mol. The zero-order valence-electron chi connectivity index (χ0n) is 69.9. The molecular weight excluding hydrogens is 1370 g/mol. The van der Waals surface area contributed by atoms with Crippen molar-refractivity contribution < 1.29 is 19.5 Å². The third-order valence-corrected chi connectivity index (χ3v) is 24.4. The van der Waals surface area contributed by atoms with Crippen molar-refractivity contribution in [3.8, 4) is 22.7 Å². The lowest BCUT2D eigenvalue weighted by Gasteiger charge is -2.23. The van der Waals surface area contributed by atoms with E-state index in [2.05, 4.69) is 330 Å². The number of hydrogen-bond donors (Lipinski definition) is 1. The minimum absolute atomic E-state index is 0.146. The summed E-state index contributed by atoms with van der Waals surface area (Å²) in [4.78, 5) is 51.0. The van der Waals surface area contributed by atoms with Gasteiger partial charge in [-0.15, -0.1) is 0 Å². The number of carbonyl (C=O) groups is 3. The number of anilines is 2. The molecule has 0 aliphatic carbocycles. The number of nitrogens with zero attached hydrogens (tertiary/aromatic N) is 6. The van der Waals surface area contributed by atoms with Crippen molar-refractivity contribution in [2.24, 2.45) is 0 Å². The number of fused-ring (bicyclic) bond motifs is 14. The van der Waals surface area contributed by atoms with Gasteiger partial charge in [0.2, 0.25) is 0 Å². The van der Waals surface area contributed by atoms with Crippen LogP contribution in [-0.4, -0.2) is 41.1 Å². The van der Waals surface area contributed by atoms with Gasteiger partial charge in [-0.2, -0.15) is 0 Å². The Morgan fingerprint density at radius 3 is 0.688 bits per heavy atom. The van der Waals surface area contributed by atoms with Crippen LogP contribution in [0, 0.1) is 0 Å². The highest BCUT2D eigenvalue weighted by atomic mass is 16.3. The smallest absolute Gasteiger partial charge is 0.266 e. The summed E-state index contributed by atoms with van der Waals surface area (Å²) in [5.74, 6) is -1.42. The molecule has 3 amide bonds. The van der Waals surface area contributed by atoms with Crippen LogP contribution in [0.4, 0.5) is 11.4 Å². The molecule has 568 valence electrons. The molecule has 1 atom stereocenters. The van der Waals surface area contributed by atoms with Crippen LogP contribution in [0.15, 0.2) is 194 Å². The van der Waals surface area contributed by atoms with Crippen molar-refractivity contribution in [1.82, 2.24) is 18.3 Å². The first-order valence-corrected chi connectivity index (χ1v) is 40.0. The van der Waals surface area contributed by atoms with Gasteiger partial charge in [0.1, 0.15) is 0 Å². The predicted molar refractivity (Wildman–Crippen MR) is 469 cm³/mol. The van der Waals surface area contributed by atoms with E-state index < -0.39 is 23.9 Å². The molecule has 2 aliphatic rings. The molecule has 1 N–H and O–H groups in total. The molecule has 11 aromatic carbocycles. The Morgan fingerprint density at radius 2 is 0.455 bits per heavy atom. The molecule has 15 aromatic rings. The van der Waals surface area contributed by atoms with Crippen molar-refractivity contribution in [1.29, 1.82) is 0 Å². The summed E-state index contributed by atoms with van der Waals surface area (Å²) in [5.41, 5.74) is 21.1. The topological polar surface area (TPSA) is 97.6 Å². The van der Waals surface area contributed by atoms with Crippen LogP contribution in [0.2, 0.25) is 0 Å². The van der Waals surface area contributed by atoms with Crippen molar-refractivity contribution in [3.05, 3.63) is 261 Å². The number of amides is 3. The van der Waals surface area contributed by atoms with Gasteiger partial charge < -0.3 is 23.4 Å². The van der Waals surface area contributed by atoms with Crippen molar-refractivity contribution in [2.75, 3.05) is 9.80 Å². The Kier molecular flexibility index (Phi) is 16.1. The minimum atomic E-state index is -1.48. The van der Waals surface area contributed by atoms with Gasteiger partial charge in [-0.05, 0) is 227 Å². The molecule has 0 bridgehead atoms. The van der Waals surface area contributed by atoms with E-state index in [9.17, 15) is 5.11 Å². The Balaban J connectivity index is 0.862. The molecular formula is C102H106N6O4. The summed E-state index contributed by atoms with van der Waals surface area (Å²) < 4.78 is 9.27. The summed E-state index contributed by atoms with van der Waals surface area (Å²) in [6.45, 7) is 54.0. The van der Waals surface area contributed by atoms with E-state index in [1.165, 1.54) is 54.3 Å². The number of aliphatic hydroxyl groups excluding tert-OH is 1. The van der Waals surface area contributed by atoms with E-state index in [-0.39, 0.29) is 60.1 Å². The first kappa shape index (κ1) is 74.0. The quantitative estimate of drug-likeness (QED) is 0.168. The van der Waals surface area contributed by atoms with E-state index in [0.717, 1.165) is 110 Å². The van der Waals surface area contributed by atoms with Gasteiger partial charge in [0.15, 0.2) is 6.23 Å². The molecule has 0 saturated heterocycles. The number of aromatic nitrogens is 4. The van der Waals surface area contributed by atoms with Crippen molar-refractivity contribution in [2.45, 2.75) is 216 Å². The SMILES string of the molecule is CC(C)(C)c1ccc2c(c1)c1cc(C(C)(C)C)ccc1n2-c1cc2c(cc1-n1c3ccc(C(C)(C)C)cc3c3cc(C(C)(C)C)ccc31)C(=O)N(c1cccc(N3C(=O)c4cc(-n5c6ccc(C(C)(C)C)cc6c6cc(C(C)(C)C)ccc65)c(-n5c6ccc(C(C)(C)C)cc6c6cc(C(C)(C)C)ccc65)cc4C3O)c1)C2=O. The van der Waals surface area contributed by atoms with E-state index in [0.29, 0.717) is 16.8 Å². The molecule has 0 saturated carbocycles. The first-order valence-electron chi connectivity index (χ1n) is 40.0. The third kappa shape index (κ3) is 11.6. The summed E-state index contributed by atoms with van der Waals surface area (Å²) in [6, 6.07) is 69.4. The highest BCUT2D eigenvalue weighted by molar-refractivity contribution is 6.35. The molecule has 112 heavy (non-hydrogen) atoms. The Labute approximate surface area is 659 Å². The van der Waals surface area contributed by atoms with E-state index in [1.54, 1.807) is 24.3 Å². The Morgan fingerprint density at radius 1 is 0.241 bits per heavy atom. The van der Waals surface area contributed by atoms with E-state index in [4.69, 9.17) is 0 Å². The third-order valence-electron chi connectivity index (χ3n) is 24.4. The zero-order valence-corrected chi connectivity index (χ0v) is 69.9. The molecule has 17 rings (SSSR count). The lowest BCUT2D eigenvalue weighted by molar-refractivity contribution is 0.0919. The molecule has 0 fully saturated rings. The number of rotatable bonds is 6. The van der Waals surface area contributed by atoms with Crippen LogP contribution >= 0.6 is 0 Å². The Bertz CT molecular complexity index is 6140. The molecule has 4 aromatic heterocycles. The van der Waals surface area contributed by atoms with Crippen LogP contribution < -0.4 is 9.80 Å². The fourth-order valence-corrected chi connectivity index (χ4v) is 17.5. The van der Waals surface area contributed by atoms with Gasteiger partial charge >= 0.3 is 0 Å². The molecule has 6 heterocycles. The Hall–Kier alpha value is -10.8. The second-order valence-electron chi connectivity index (χ2n) is 40.5. The lowest BCUT2D eigenvalue weighted by atomic mass is 9.85. The average Bonchev–Trinajstić information content (AvgIpc) is 1.54. The van der Waals surface area contributed by atoms with Gasteiger partial charge in [0.05, 0.1) is 83.7 Å². The van der Waals surface area contributed by atoms with Gasteiger partial charge in [0, 0.05) is 59.9 Å². The predicted octanol–water partition coefficient (Wildman–Crippen LogP) is 25.9. The number of imide groups is 1. The molecule has 10 nitrogen and oxygen atoms in total. The second kappa shape index (κ2) is 24.4. The van der Waals surface area contributed by atoms with E-state index in [1.807, 2.05) is 24.3 Å². The normalized spacial score (nSPS) is 15.1.